The minimum atomic E-state index is -0.574. The van der Waals surface area contributed by atoms with Gasteiger partial charge < -0.3 is 15.5 Å². The van der Waals surface area contributed by atoms with Gasteiger partial charge in [0.25, 0.3) is 0 Å². The molecule has 0 aromatic heterocycles. The van der Waals surface area contributed by atoms with E-state index >= 15 is 0 Å². The van der Waals surface area contributed by atoms with Crippen LogP contribution in [0.5, 0.6) is 0 Å². The molecule has 1 atom stereocenters. The Labute approximate surface area is 120 Å². The van der Waals surface area contributed by atoms with E-state index in [-0.39, 0.29) is 6.04 Å². The molecule has 0 fully saturated rings. The maximum absolute atomic E-state index is 13.1. The van der Waals surface area contributed by atoms with E-state index in [0.29, 0.717) is 12.0 Å². The molecule has 0 aliphatic rings. The molecule has 1 aromatic rings. The molecule has 0 heterocycles. The van der Waals surface area contributed by atoms with Crippen molar-refractivity contribution in [1.29, 1.82) is 0 Å². The van der Waals surface area contributed by atoms with Crippen LogP contribution in [0, 0.1) is 11.6 Å². The Morgan fingerprint density at radius 1 is 1.00 bits per heavy atom. The van der Waals surface area contributed by atoms with Crippen LogP contribution in [0.15, 0.2) is 18.2 Å². The summed E-state index contributed by atoms with van der Waals surface area (Å²) in [5.74, 6) is -1.15. The Kier molecular flexibility index (Phi) is 7.05. The van der Waals surface area contributed by atoms with Crippen LogP contribution in [-0.4, -0.2) is 50.6 Å². The van der Waals surface area contributed by atoms with Gasteiger partial charge in [0.2, 0.25) is 0 Å². The van der Waals surface area contributed by atoms with E-state index in [9.17, 15) is 8.78 Å². The third kappa shape index (κ3) is 6.41. The van der Waals surface area contributed by atoms with Crippen molar-refractivity contribution in [3.05, 3.63) is 35.4 Å². The number of hydrogen-bond acceptors (Lipinski definition) is 3. The minimum Gasteiger partial charge on any atom is -0.324 e. The summed E-state index contributed by atoms with van der Waals surface area (Å²) in [6, 6.07) is 3.14. The molecule has 3 nitrogen and oxygen atoms in total. The third-order valence-corrected chi connectivity index (χ3v) is 3.28. The molecule has 114 valence electrons. The number of nitrogens with two attached hydrogens (primary N) is 1. The van der Waals surface area contributed by atoms with Crippen LogP contribution in [0.3, 0.4) is 0 Å². The summed E-state index contributed by atoms with van der Waals surface area (Å²) in [6.45, 7) is 2.85. The smallest absolute Gasteiger partial charge is 0.126 e. The van der Waals surface area contributed by atoms with Gasteiger partial charge in [0.05, 0.1) is 0 Å². The van der Waals surface area contributed by atoms with Crippen molar-refractivity contribution in [1.82, 2.24) is 9.80 Å². The zero-order chi connectivity index (χ0) is 15.1. The molecule has 0 radical (unpaired) electrons. The predicted octanol–water partition coefficient (Wildman–Crippen LogP) is 2.24. The van der Waals surface area contributed by atoms with Crippen LogP contribution in [0.1, 0.15) is 24.4 Å². The molecule has 0 bridgehead atoms. The van der Waals surface area contributed by atoms with E-state index in [1.165, 1.54) is 12.1 Å². The fraction of sp³-hybridized carbons (Fsp3) is 0.600. The topological polar surface area (TPSA) is 32.5 Å². The summed E-state index contributed by atoms with van der Waals surface area (Å²) >= 11 is 0. The Bertz CT molecular complexity index is 390. The monoisotopic (exact) mass is 285 g/mol. The second-order valence-electron chi connectivity index (χ2n) is 5.56. The van der Waals surface area contributed by atoms with Crippen molar-refractivity contribution < 1.29 is 8.78 Å². The van der Waals surface area contributed by atoms with Crippen molar-refractivity contribution in [2.24, 2.45) is 5.73 Å². The lowest BCUT2D eigenvalue weighted by Crippen LogP contribution is -2.27. The summed E-state index contributed by atoms with van der Waals surface area (Å²) < 4.78 is 26.2. The van der Waals surface area contributed by atoms with Crippen LogP contribution >= 0.6 is 0 Å². The van der Waals surface area contributed by atoms with Gasteiger partial charge in [-0.2, -0.15) is 0 Å². The molecule has 0 aliphatic carbocycles. The maximum atomic E-state index is 13.1. The molecule has 0 amide bonds. The lowest BCUT2D eigenvalue weighted by molar-refractivity contribution is 0.290. The van der Waals surface area contributed by atoms with Gasteiger partial charge in [-0.1, -0.05) is 0 Å². The van der Waals surface area contributed by atoms with Gasteiger partial charge >= 0.3 is 0 Å². The first kappa shape index (κ1) is 17.0. The lowest BCUT2D eigenvalue weighted by Gasteiger charge is -2.20. The number of benzene rings is 1. The second kappa shape index (κ2) is 8.29. The Balaban J connectivity index is 2.36. The molecule has 1 aromatic carbocycles. The van der Waals surface area contributed by atoms with Gasteiger partial charge in [0.1, 0.15) is 11.6 Å². The third-order valence-electron chi connectivity index (χ3n) is 3.28. The molecule has 5 heteroatoms. The zero-order valence-electron chi connectivity index (χ0n) is 12.6. The Morgan fingerprint density at radius 2 is 1.60 bits per heavy atom. The zero-order valence-corrected chi connectivity index (χ0v) is 12.6. The van der Waals surface area contributed by atoms with Crippen LogP contribution in [-0.2, 0) is 0 Å². The molecule has 0 saturated carbocycles. The summed E-state index contributed by atoms with van der Waals surface area (Å²) in [6.07, 6.45) is 1.77. The van der Waals surface area contributed by atoms with E-state index in [4.69, 9.17) is 5.73 Å². The SMILES string of the molecule is CN(C)CCCN(C)CCC(N)c1cc(F)cc(F)c1. The van der Waals surface area contributed by atoms with E-state index < -0.39 is 11.6 Å². The Morgan fingerprint density at radius 3 is 2.15 bits per heavy atom. The highest BCUT2D eigenvalue weighted by Gasteiger charge is 2.10. The first-order valence-corrected chi connectivity index (χ1v) is 6.93. The second-order valence-corrected chi connectivity index (χ2v) is 5.56. The van der Waals surface area contributed by atoms with Gasteiger partial charge in [-0.05, 0) is 71.3 Å². The normalized spacial score (nSPS) is 13.2. The molecule has 0 saturated heterocycles. The van der Waals surface area contributed by atoms with Gasteiger partial charge in [-0.25, -0.2) is 8.78 Å². The highest BCUT2D eigenvalue weighted by atomic mass is 19.1. The molecule has 20 heavy (non-hydrogen) atoms. The highest BCUT2D eigenvalue weighted by Crippen LogP contribution is 2.17. The predicted molar refractivity (Wildman–Crippen MR) is 78.6 cm³/mol. The van der Waals surface area contributed by atoms with Crippen molar-refractivity contribution in [3.63, 3.8) is 0 Å². The maximum Gasteiger partial charge on any atom is 0.126 e. The van der Waals surface area contributed by atoms with Crippen LogP contribution < -0.4 is 5.73 Å². The van der Waals surface area contributed by atoms with Crippen LogP contribution in [0.4, 0.5) is 8.78 Å². The number of halogens is 2. The van der Waals surface area contributed by atoms with E-state index in [1.54, 1.807) is 0 Å². The highest BCUT2D eigenvalue weighted by molar-refractivity contribution is 5.21. The van der Waals surface area contributed by atoms with E-state index in [2.05, 4.69) is 23.9 Å². The Hall–Kier alpha value is -1.04. The van der Waals surface area contributed by atoms with Crippen LogP contribution in [0.2, 0.25) is 0 Å². The largest absolute Gasteiger partial charge is 0.324 e. The molecular formula is C15H25F2N3. The molecule has 1 rings (SSSR count). The minimum absolute atomic E-state index is 0.337. The first-order valence-electron chi connectivity index (χ1n) is 6.93. The number of rotatable bonds is 8. The number of hydrogen-bond donors (Lipinski definition) is 1. The first-order chi connectivity index (χ1) is 9.38. The van der Waals surface area contributed by atoms with Gasteiger partial charge in [0.15, 0.2) is 0 Å². The van der Waals surface area contributed by atoms with Crippen LogP contribution in [0.25, 0.3) is 0 Å². The molecule has 0 aliphatic heterocycles. The summed E-state index contributed by atoms with van der Waals surface area (Å²) in [7, 11) is 6.14. The fourth-order valence-electron chi connectivity index (χ4n) is 2.08. The molecule has 1 unspecified atom stereocenters. The van der Waals surface area contributed by atoms with Crippen molar-refractivity contribution in [2.75, 3.05) is 40.8 Å². The van der Waals surface area contributed by atoms with Gasteiger partial charge in [0, 0.05) is 12.1 Å². The van der Waals surface area contributed by atoms with Gasteiger partial charge in [-0.3, -0.25) is 0 Å². The lowest BCUT2D eigenvalue weighted by atomic mass is 10.0. The van der Waals surface area contributed by atoms with Gasteiger partial charge in [-0.15, -0.1) is 0 Å². The summed E-state index contributed by atoms with van der Waals surface area (Å²) in [4.78, 5) is 4.34. The van der Waals surface area contributed by atoms with Crippen molar-refractivity contribution >= 4 is 0 Å². The van der Waals surface area contributed by atoms with Crippen molar-refractivity contribution in [3.8, 4) is 0 Å². The molecule has 0 spiro atoms. The van der Waals surface area contributed by atoms with E-state index in [1.807, 2.05) is 7.05 Å². The molecule has 2 N–H and O–H groups in total. The average molecular weight is 285 g/mol. The average Bonchev–Trinajstić information content (AvgIpc) is 2.34. The standard InChI is InChI=1S/C15H25F2N3/c1-19(2)6-4-7-20(3)8-5-15(18)12-9-13(16)11-14(17)10-12/h9-11,15H,4-8,18H2,1-3H3. The van der Waals surface area contributed by atoms with Crippen molar-refractivity contribution in [2.45, 2.75) is 18.9 Å². The fourth-order valence-corrected chi connectivity index (χ4v) is 2.08. The van der Waals surface area contributed by atoms with E-state index in [0.717, 1.165) is 32.1 Å². The summed E-state index contributed by atoms with van der Waals surface area (Å²) in [5, 5.41) is 0. The quantitative estimate of drug-likeness (QED) is 0.795. The number of nitrogens with zero attached hydrogens (tertiary/aromatic N) is 2. The summed E-state index contributed by atoms with van der Waals surface area (Å²) in [5.41, 5.74) is 6.51. The molecular weight excluding hydrogens is 260 g/mol.